The maximum absolute atomic E-state index is 13.2. The SMILES string of the molecule is CNC(=O)C1=CC(C(N)=O)(C2[C@H]3CC(O)C[C@@H]23)N([C@@H](C)c2cccc(C(F)(F)F)c2)N1. The topological polar surface area (TPSA) is 108 Å². The molecule has 6 atom stereocenters. The Hall–Kier alpha value is -2.59. The third kappa shape index (κ3) is 3.38. The quantitative estimate of drug-likeness (QED) is 0.557. The first-order chi connectivity index (χ1) is 14.5. The highest BCUT2D eigenvalue weighted by Gasteiger charge is 2.69. The Morgan fingerprint density at radius 1 is 1.32 bits per heavy atom. The second-order valence-electron chi connectivity index (χ2n) is 8.59. The lowest BCUT2D eigenvalue weighted by molar-refractivity contribution is -0.138. The largest absolute Gasteiger partial charge is 0.416 e. The molecule has 1 heterocycles. The monoisotopic (exact) mass is 438 g/mol. The van der Waals surface area contributed by atoms with Crippen molar-refractivity contribution < 1.29 is 27.9 Å². The number of nitrogens with zero attached hydrogens (tertiary/aromatic N) is 1. The number of alkyl halides is 3. The summed E-state index contributed by atoms with van der Waals surface area (Å²) in [6.07, 6.45) is -2.40. The van der Waals surface area contributed by atoms with Crippen LogP contribution in [0, 0.1) is 17.8 Å². The number of aliphatic hydroxyl groups excluding tert-OH is 1. The summed E-state index contributed by atoms with van der Waals surface area (Å²) in [5, 5.41) is 13.9. The molecule has 5 N–H and O–H groups in total. The van der Waals surface area contributed by atoms with Crippen molar-refractivity contribution >= 4 is 11.8 Å². The zero-order chi connectivity index (χ0) is 22.7. The summed E-state index contributed by atoms with van der Waals surface area (Å²) in [6, 6.07) is 4.16. The molecule has 2 saturated carbocycles. The van der Waals surface area contributed by atoms with Crippen molar-refractivity contribution in [2.24, 2.45) is 23.5 Å². The Kier molecular flexibility index (Phi) is 5.05. The third-order valence-corrected chi connectivity index (χ3v) is 6.88. The number of rotatable bonds is 5. The van der Waals surface area contributed by atoms with Gasteiger partial charge >= 0.3 is 6.18 Å². The van der Waals surface area contributed by atoms with Crippen LogP contribution in [-0.2, 0) is 15.8 Å². The van der Waals surface area contributed by atoms with Gasteiger partial charge in [0, 0.05) is 7.05 Å². The molecular weight excluding hydrogens is 413 g/mol. The number of likely N-dealkylation sites (N-methyl/N-ethyl adjacent to an activating group) is 1. The molecule has 1 aromatic carbocycles. The molecule has 0 saturated heterocycles. The van der Waals surface area contributed by atoms with E-state index in [9.17, 15) is 27.9 Å². The molecule has 31 heavy (non-hydrogen) atoms. The van der Waals surface area contributed by atoms with Gasteiger partial charge in [-0.25, -0.2) is 0 Å². The van der Waals surface area contributed by atoms with Gasteiger partial charge in [0.05, 0.1) is 17.7 Å². The van der Waals surface area contributed by atoms with E-state index in [1.807, 2.05) is 0 Å². The number of carbonyl (C=O) groups is 2. The van der Waals surface area contributed by atoms with Crippen molar-refractivity contribution in [3.63, 3.8) is 0 Å². The molecule has 0 radical (unpaired) electrons. The summed E-state index contributed by atoms with van der Waals surface area (Å²) in [4.78, 5) is 25.2. The summed E-state index contributed by atoms with van der Waals surface area (Å²) in [7, 11) is 1.44. The molecule has 0 bridgehead atoms. The molecule has 3 unspecified atom stereocenters. The van der Waals surface area contributed by atoms with Crippen LogP contribution in [0.5, 0.6) is 0 Å². The van der Waals surface area contributed by atoms with E-state index in [0.717, 1.165) is 12.1 Å². The van der Waals surface area contributed by atoms with Crippen molar-refractivity contribution in [2.45, 2.75) is 43.6 Å². The highest BCUT2D eigenvalue weighted by molar-refractivity contribution is 5.97. The standard InChI is InChI=1S/C21H25F3N4O3/c1-10(11-4-3-5-12(6-11)21(22,23)24)28-20(19(25)31,9-16(27-28)18(30)26-2)17-14-7-13(29)8-15(14)17/h3-6,9-10,13-15,17,27,29H,7-8H2,1-2H3,(H2,25,31)(H,26,30)/t10-,13?,14-,15+,17?,20?/m0/s1. The van der Waals surface area contributed by atoms with Gasteiger partial charge in [0.15, 0.2) is 0 Å². The minimum atomic E-state index is -4.51. The zero-order valence-corrected chi connectivity index (χ0v) is 17.1. The van der Waals surface area contributed by atoms with Crippen LogP contribution in [-0.4, -0.2) is 40.6 Å². The molecule has 7 nitrogen and oxygen atoms in total. The van der Waals surface area contributed by atoms with E-state index in [1.54, 1.807) is 13.0 Å². The molecule has 2 fully saturated rings. The first-order valence-corrected chi connectivity index (χ1v) is 10.2. The number of halogens is 3. The fraction of sp³-hybridized carbons (Fsp3) is 0.524. The van der Waals surface area contributed by atoms with E-state index in [0.29, 0.717) is 18.4 Å². The molecule has 2 aliphatic carbocycles. The van der Waals surface area contributed by atoms with Gasteiger partial charge in [0.1, 0.15) is 11.2 Å². The summed E-state index contributed by atoms with van der Waals surface area (Å²) in [5.41, 5.74) is 7.05. The van der Waals surface area contributed by atoms with Gasteiger partial charge in [0.2, 0.25) is 5.91 Å². The number of hydrazine groups is 1. The van der Waals surface area contributed by atoms with Crippen molar-refractivity contribution in [1.82, 2.24) is 15.8 Å². The maximum atomic E-state index is 13.2. The van der Waals surface area contributed by atoms with Crippen LogP contribution < -0.4 is 16.5 Å². The molecule has 2 amide bonds. The molecule has 4 rings (SSSR count). The molecule has 168 valence electrons. The molecule has 0 spiro atoms. The fourth-order valence-corrected chi connectivity index (χ4v) is 5.41. The van der Waals surface area contributed by atoms with E-state index in [1.165, 1.54) is 24.2 Å². The summed E-state index contributed by atoms with van der Waals surface area (Å²) >= 11 is 0. The lowest BCUT2D eigenvalue weighted by Crippen LogP contribution is -2.60. The lowest BCUT2D eigenvalue weighted by Gasteiger charge is -2.40. The second-order valence-corrected chi connectivity index (χ2v) is 8.59. The minimum absolute atomic E-state index is 0.0563. The van der Waals surface area contributed by atoms with Gasteiger partial charge < -0.3 is 21.6 Å². The first-order valence-electron chi connectivity index (χ1n) is 10.2. The summed E-state index contributed by atoms with van der Waals surface area (Å²) in [6.45, 7) is 1.66. The van der Waals surface area contributed by atoms with Crippen LogP contribution in [0.25, 0.3) is 0 Å². The Morgan fingerprint density at radius 3 is 2.52 bits per heavy atom. The molecule has 1 aromatic rings. The number of carbonyl (C=O) groups excluding carboxylic acids is 2. The predicted octanol–water partition coefficient (Wildman–Crippen LogP) is 1.46. The average molecular weight is 438 g/mol. The summed E-state index contributed by atoms with van der Waals surface area (Å²) in [5.74, 6) is -1.28. The van der Waals surface area contributed by atoms with Crippen LogP contribution >= 0.6 is 0 Å². The van der Waals surface area contributed by atoms with Crippen LogP contribution in [0.4, 0.5) is 13.2 Å². The van der Waals surface area contributed by atoms with E-state index < -0.39 is 41.2 Å². The van der Waals surface area contributed by atoms with Crippen LogP contribution in [0.1, 0.15) is 36.9 Å². The normalized spacial score (nSPS) is 33.3. The van der Waals surface area contributed by atoms with Crippen molar-refractivity contribution in [3.8, 4) is 0 Å². The number of amides is 2. The number of nitrogens with one attached hydrogen (secondary N) is 2. The highest BCUT2D eigenvalue weighted by atomic mass is 19.4. The molecular formula is C21H25F3N4O3. The van der Waals surface area contributed by atoms with E-state index >= 15 is 0 Å². The average Bonchev–Trinajstić information content (AvgIpc) is 3.06. The van der Waals surface area contributed by atoms with Gasteiger partial charge in [0.25, 0.3) is 5.91 Å². The lowest BCUT2D eigenvalue weighted by atomic mass is 9.84. The van der Waals surface area contributed by atoms with Gasteiger partial charge in [-0.2, -0.15) is 18.2 Å². The minimum Gasteiger partial charge on any atom is -0.393 e. The highest BCUT2D eigenvalue weighted by Crippen LogP contribution is 2.64. The Labute approximate surface area is 177 Å². The van der Waals surface area contributed by atoms with Gasteiger partial charge in [-0.3, -0.25) is 9.59 Å². The van der Waals surface area contributed by atoms with Crippen LogP contribution in [0.15, 0.2) is 36.0 Å². The number of hydrogen-bond donors (Lipinski definition) is 4. The number of primary amides is 1. The molecule has 3 aliphatic rings. The first kappa shape index (κ1) is 21.6. The Bertz CT molecular complexity index is 938. The smallest absolute Gasteiger partial charge is 0.393 e. The van der Waals surface area contributed by atoms with E-state index in [4.69, 9.17) is 5.73 Å². The van der Waals surface area contributed by atoms with Crippen molar-refractivity contribution in [3.05, 3.63) is 47.2 Å². The van der Waals surface area contributed by atoms with Gasteiger partial charge in [-0.15, -0.1) is 0 Å². The Balaban J connectivity index is 1.75. The molecule has 0 aromatic heterocycles. The van der Waals surface area contributed by atoms with E-state index in [2.05, 4.69) is 10.7 Å². The number of nitrogens with two attached hydrogens (primary N) is 1. The van der Waals surface area contributed by atoms with Gasteiger partial charge in [-0.1, -0.05) is 12.1 Å². The number of aliphatic hydroxyl groups is 1. The third-order valence-electron chi connectivity index (χ3n) is 6.88. The summed E-state index contributed by atoms with van der Waals surface area (Å²) < 4.78 is 39.7. The molecule has 10 heteroatoms. The number of benzene rings is 1. The Morgan fingerprint density at radius 2 is 1.97 bits per heavy atom. The predicted molar refractivity (Wildman–Crippen MR) is 105 cm³/mol. The zero-order valence-electron chi connectivity index (χ0n) is 17.1. The number of hydrogen-bond acceptors (Lipinski definition) is 5. The van der Waals surface area contributed by atoms with E-state index in [-0.39, 0.29) is 23.5 Å². The van der Waals surface area contributed by atoms with Gasteiger partial charge in [-0.05, 0) is 61.3 Å². The van der Waals surface area contributed by atoms with Crippen molar-refractivity contribution in [2.75, 3.05) is 7.05 Å². The maximum Gasteiger partial charge on any atom is 0.416 e. The van der Waals surface area contributed by atoms with Crippen LogP contribution in [0.2, 0.25) is 0 Å². The second kappa shape index (κ2) is 7.23. The van der Waals surface area contributed by atoms with Crippen molar-refractivity contribution in [1.29, 1.82) is 0 Å². The fourth-order valence-electron chi connectivity index (χ4n) is 5.41. The van der Waals surface area contributed by atoms with Crippen LogP contribution in [0.3, 0.4) is 0 Å². The number of fused-ring (bicyclic) bond motifs is 1. The molecule has 1 aliphatic heterocycles.